The van der Waals surface area contributed by atoms with E-state index >= 15 is 0 Å². The maximum absolute atomic E-state index is 12.3. The Morgan fingerprint density at radius 3 is 2.96 bits per heavy atom. The lowest BCUT2D eigenvalue weighted by Gasteiger charge is -2.09. The molecule has 4 rings (SSSR count). The smallest absolute Gasteiger partial charge is 0.267 e. The van der Waals surface area contributed by atoms with Crippen molar-refractivity contribution in [2.75, 3.05) is 12.1 Å². The zero-order valence-electron chi connectivity index (χ0n) is 14.0. The number of hydrogen-bond donors (Lipinski definition) is 1. The van der Waals surface area contributed by atoms with Crippen molar-refractivity contribution >= 4 is 22.9 Å². The minimum atomic E-state index is -0.154. The maximum Gasteiger partial charge on any atom is 0.267 e. The first-order chi connectivity index (χ1) is 12.7. The van der Waals surface area contributed by atoms with Gasteiger partial charge in [-0.1, -0.05) is 12.1 Å². The molecule has 1 aliphatic rings. The molecule has 3 aromatic rings. The summed E-state index contributed by atoms with van der Waals surface area (Å²) in [6.07, 6.45) is 0. The van der Waals surface area contributed by atoms with Crippen molar-refractivity contribution < 1.29 is 19.0 Å². The van der Waals surface area contributed by atoms with Gasteiger partial charge in [0.2, 0.25) is 6.79 Å². The molecule has 2 aromatic carbocycles. The highest BCUT2D eigenvalue weighted by molar-refractivity contribution is 7.12. The second kappa shape index (κ2) is 7.05. The van der Waals surface area contributed by atoms with E-state index in [9.17, 15) is 4.79 Å². The Kier molecular flexibility index (Phi) is 4.45. The van der Waals surface area contributed by atoms with E-state index in [0.29, 0.717) is 23.0 Å². The fourth-order valence-electron chi connectivity index (χ4n) is 2.58. The third kappa shape index (κ3) is 3.48. The minimum Gasteiger partial charge on any atom is -0.489 e. The minimum absolute atomic E-state index is 0.154. The highest BCUT2D eigenvalue weighted by Crippen LogP contribution is 2.35. The van der Waals surface area contributed by atoms with Crippen molar-refractivity contribution in [2.45, 2.75) is 13.5 Å². The molecule has 1 aliphatic heterocycles. The lowest BCUT2D eigenvalue weighted by Crippen LogP contribution is -2.11. The Morgan fingerprint density at radius 2 is 2.12 bits per heavy atom. The van der Waals surface area contributed by atoms with Crippen molar-refractivity contribution in [1.29, 1.82) is 0 Å². The van der Waals surface area contributed by atoms with Crippen LogP contribution in [0, 0.1) is 6.92 Å². The Bertz CT molecular complexity index is 954. The molecule has 0 spiro atoms. The van der Waals surface area contributed by atoms with Crippen LogP contribution in [0.2, 0.25) is 0 Å². The van der Waals surface area contributed by atoms with Gasteiger partial charge >= 0.3 is 0 Å². The standard InChI is InChI=1S/C19H16N2O4S/c1-12-18(26-10-20-12)19(22)21-14-4-2-3-13(7-14)9-23-15-5-6-16-17(8-15)25-11-24-16/h2-8,10H,9,11H2,1H3,(H,21,22). The summed E-state index contributed by atoms with van der Waals surface area (Å²) in [6, 6.07) is 13.0. The number of thiazole rings is 1. The number of aromatic nitrogens is 1. The van der Waals surface area contributed by atoms with Crippen molar-refractivity contribution in [2.24, 2.45) is 0 Å². The molecule has 132 valence electrons. The Morgan fingerprint density at radius 1 is 1.23 bits per heavy atom. The van der Waals surface area contributed by atoms with E-state index < -0.39 is 0 Å². The molecule has 0 saturated carbocycles. The van der Waals surface area contributed by atoms with Gasteiger partial charge in [-0.05, 0) is 36.8 Å². The van der Waals surface area contributed by atoms with Gasteiger partial charge < -0.3 is 19.5 Å². The van der Waals surface area contributed by atoms with Gasteiger partial charge in [0.05, 0.1) is 11.2 Å². The number of carbonyl (C=O) groups excluding carboxylic acids is 1. The lowest BCUT2D eigenvalue weighted by molar-refractivity contribution is 0.102. The number of ether oxygens (including phenoxy) is 3. The van der Waals surface area contributed by atoms with Crippen LogP contribution in [0.4, 0.5) is 5.69 Å². The summed E-state index contributed by atoms with van der Waals surface area (Å²) >= 11 is 1.33. The summed E-state index contributed by atoms with van der Waals surface area (Å²) in [4.78, 5) is 17.0. The number of nitrogens with one attached hydrogen (secondary N) is 1. The predicted molar refractivity (Wildman–Crippen MR) is 98.1 cm³/mol. The van der Waals surface area contributed by atoms with Crippen molar-refractivity contribution in [3.05, 3.63) is 64.1 Å². The number of fused-ring (bicyclic) bond motifs is 1. The Balaban J connectivity index is 1.41. The first-order valence-electron chi connectivity index (χ1n) is 8.02. The molecule has 7 heteroatoms. The molecule has 1 aromatic heterocycles. The normalized spacial score (nSPS) is 12.0. The van der Waals surface area contributed by atoms with E-state index in [4.69, 9.17) is 14.2 Å². The second-order valence-corrected chi connectivity index (χ2v) is 6.58. The summed E-state index contributed by atoms with van der Waals surface area (Å²) in [5, 5.41) is 2.90. The van der Waals surface area contributed by atoms with Crippen LogP contribution in [0.15, 0.2) is 48.0 Å². The first-order valence-corrected chi connectivity index (χ1v) is 8.90. The maximum atomic E-state index is 12.3. The number of nitrogens with zero attached hydrogens (tertiary/aromatic N) is 1. The van der Waals surface area contributed by atoms with E-state index in [2.05, 4.69) is 10.3 Å². The van der Waals surface area contributed by atoms with Crippen molar-refractivity contribution in [3.8, 4) is 17.2 Å². The molecule has 1 amide bonds. The summed E-state index contributed by atoms with van der Waals surface area (Å²) in [7, 11) is 0. The monoisotopic (exact) mass is 368 g/mol. The summed E-state index contributed by atoms with van der Waals surface area (Å²) in [5.74, 6) is 1.95. The number of carbonyl (C=O) groups is 1. The fraction of sp³-hybridized carbons (Fsp3) is 0.158. The molecule has 0 radical (unpaired) electrons. The van der Waals surface area contributed by atoms with Crippen LogP contribution in [0.3, 0.4) is 0 Å². The number of anilines is 1. The van der Waals surface area contributed by atoms with Gasteiger partial charge in [0.15, 0.2) is 11.5 Å². The molecular weight excluding hydrogens is 352 g/mol. The number of benzene rings is 2. The quantitative estimate of drug-likeness (QED) is 0.737. The fourth-order valence-corrected chi connectivity index (χ4v) is 3.28. The summed E-state index contributed by atoms with van der Waals surface area (Å²) < 4.78 is 16.4. The molecular formula is C19H16N2O4S. The molecule has 1 N–H and O–H groups in total. The summed E-state index contributed by atoms with van der Waals surface area (Å²) in [5.41, 5.74) is 4.06. The van der Waals surface area contributed by atoms with E-state index in [1.165, 1.54) is 11.3 Å². The van der Waals surface area contributed by atoms with Gasteiger partial charge in [0.1, 0.15) is 17.2 Å². The molecule has 6 nitrogen and oxygen atoms in total. The van der Waals surface area contributed by atoms with Crippen LogP contribution in [0.1, 0.15) is 20.9 Å². The average Bonchev–Trinajstić information content (AvgIpc) is 3.28. The van der Waals surface area contributed by atoms with Crippen LogP contribution in [-0.2, 0) is 6.61 Å². The van der Waals surface area contributed by atoms with Gasteiger partial charge in [-0.15, -0.1) is 11.3 Å². The number of amides is 1. The van der Waals surface area contributed by atoms with Crippen LogP contribution < -0.4 is 19.5 Å². The lowest BCUT2D eigenvalue weighted by atomic mass is 10.2. The van der Waals surface area contributed by atoms with Gasteiger partial charge in [-0.3, -0.25) is 4.79 Å². The van der Waals surface area contributed by atoms with Crippen LogP contribution in [-0.4, -0.2) is 17.7 Å². The highest BCUT2D eigenvalue weighted by atomic mass is 32.1. The van der Waals surface area contributed by atoms with Crippen molar-refractivity contribution in [3.63, 3.8) is 0 Å². The van der Waals surface area contributed by atoms with E-state index in [1.807, 2.05) is 43.3 Å². The third-order valence-corrected chi connectivity index (χ3v) is 4.81. The van der Waals surface area contributed by atoms with Crippen LogP contribution in [0.25, 0.3) is 0 Å². The van der Waals surface area contributed by atoms with Gasteiger partial charge in [0, 0.05) is 11.8 Å². The van der Waals surface area contributed by atoms with E-state index in [-0.39, 0.29) is 12.7 Å². The van der Waals surface area contributed by atoms with Gasteiger partial charge in [0.25, 0.3) is 5.91 Å². The van der Waals surface area contributed by atoms with Crippen LogP contribution in [0.5, 0.6) is 17.2 Å². The third-order valence-electron chi connectivity index (χ3n) is 3.89. The zero-order valence-corrected chi connectivity index (χ0v) is 14.8. The molecule has 0 bridgehead atoms. The van der Waals surface area contributed by atoms with Gasteiger partial charge in [-0.25, -0.2) is 4.98 Å². The molecule has 0 fully saturated rings. The van der Waals surface area contributed by atoms with Crippen molar-refractivity contribution in [1.82, 2.24) is 4.98 Å². The molecule has 0 aliphatic carbocycles. The number of aryl methyl sites for hydroxylation is 1. The molecule has 0 unspecified atom stereocenters. The average molecular weight is 368 g/mol. The number of rotatable bonds is 5. The first kappa shape index (κ1) is 16.4. The Labute approximate surface area is 154 Å². The predicted octanol–water partition coefficient (Wildman–Crippen LogP) is 4.01. The summed E-state index contributed by atoms with van der Waals surface area (Å²) in [6.45, 7) is 2.43. The molecule has 2 heterocycles. The van der Waals surface area contributed by atoms with Crippen LogP contribution >= 0.6 is 11.3 Å². The Hall–Kier alpha value is -3.06. The molecule has 26 heavy (non-hydrogen) atoms. The number of hydrogen-bond acceptors (Lipinski definition) is 6. The molecule has 0 saturated heterocycles. The second-order valence-electron chi connectivity index (χ2n) is 5.73. The largest absolute Gasteiger partial charge is 0.489 e. The highest BCUT2D eigenvalue weighted by Gasteiger charge is 2.14. The van der Waals surface area contributed by atoms with Gasteiger partial charge in [-0.2, -0.15) is 0 Å². The van der Waals surface area contributed by atoms with E-state index in [0.717, 1.165) is 22.7 Å². The van der Waals surface area contributed by atoms with E-state index in [1.54, 1.807) is 11.6 Å². The topological polar surface area (TPSA) is 69.7 Å². The SMILES string of the molecule is Cc1ncsc1C(=O)Nc1cccc(COc2ccc3c(c2)OCO3)c1. The molecule has 0 atom stereocenters. The zero-order chi connectivity index (χ0) is 17.9.